The smallest absolute Gasteiger partial charge is 0.157 e. The molecule has 0 saturated heterocycles. The Morgan fingerprint density at radius 3 is 2.81 bits per heavy atom. The van der Waals surface area contributed by atoms with Gasteiger partial charge in [0.1, 0.15) is 6.61 Å². The van der Waals surface area contributed by atoms with Gasteiger partial charge in [0.05, 0.1) is 18.6 Å². The van der Waals surface area contributed by atoms with Crippen molar-refractivity contribution in [3.63, 3.8) is 0 Å². The second-order valence-electron chi connectivity index (χ2n) is 3.75. The first-order chi connectivity index (χ1) is 7.78. The lowest BCUT2D eigenvalue weighted by Crippen LogP contribution is -1.96. The predicted octanol–water partition coefficient (Wildman–Crippen LogP) is 1.61. The van der Waals surface area contributed by atoms with Gasteiger partial charge in [-0.05, 0) is 6.42 Å². The Hall–Kier alpha value is -1.78. The number of aromatic nitrogens is 4. The summed E-state index contributed by atoms with van der Waals surface area (Å²) in [6.45, 7) is 3.58. The van der Waals surface area contributed by atoms with Gasteiger partial charge in [-0.2, -0.15) is 10.2 Å². The zero-order valence-corrected chi connectivity index (χ0v) is 9.63. The van der Waals surface area contributed by atoms with Crippen molar-refractivity contribution >= 4 is 0 Å². The van der Waals surface area contributed by atoms with E-state index < -0.39 is 0 Å². The first kappa shape index (κ1) is 10.7. The highest BCUT2D eigenvalue weighted by molar-refractivity contribution is 5.13. The summed E-state index contributed by atoms with van der Waals surface area (Å²) in [5, 5.41) is 8.27. The topological polar surface area (TPSA) is 44.9 Å². The van der Waals surface area contributed by atoms with Crippen molar-refractivity contribution < 1.29 is 4.74 Å². The fourth-order valence-electron chi connectivity index (χ4n) is 1.48. The summed E-state index contributed by atoms with van der Waals surface area (Å²) in [5.74, 6) is 0.803. The van der Waals surface area contributed by atoms with Crippen molar-refractivity contribution in [1.82, 2.24) is 19.6 Å². The molecule has 0 aromatic carbocycles. The third-order valence-electron chi connectivity index (χ3n) is 2.23. The molecule has 2 aromatic rings. The van der Waals surface area contributed by atoms with Crippen LogP contribution in [0.4, 0.5) is 0 Å². The molecule has 2 rings (SSSR count). The molecule has 2 aromatic heterocycles. The minimum Gasteiger partial charge on any atom is -0.485 e. The Balaban J connectivity index is 1.89. The van der Waals surface area contributed by atoms with Gasteiger partial charge in [0, 0.05) is 25.4 Å². The number of hydrogen-bond acceptors (Lipinski definition) is 3. The standard InChI is InChI=1S/C11H16N4O/c1-3-4-15-8-11(6-13-15)16-9-10-5-12-14(2)7-10/h5-8H,3-4,9H2,1-2H3. The van der Waals surface area contributed by atoms with E-state index in [0.29, 0.717) is 6.61 Å². The molecule has 0 amide bonds. The molecule has 0 saturated carbocycles. The molecule has 0 atom stereocenters. The van der Waals surface area contributed by atoms with Crippen LogP contribution in [0, 0.1) is 0 Å². The molecule has 0 radical (unpaired) electrons. The van der Waals surface area contributed by atoms with Crippen LogP contribution in [0.5, 0.6) is 5.75 Å². The van der Waals surface area contributed by atoms with Crippen LogP contribution >= 0.6 is 0 Å². The molecule has 0 aliphatic carbocycles. The zero-order valence-electron chi connectivity index (χ0n) is 9.63. The van der Waals surface area contributed by atoms with Gasteiger partial charge in [-0.3, -0.25) is 9.36 Å². The molecule has 0 bridgehead atoms. The van der Waals surface area contributed by atoms with Crippen LogP contribution in [0.15, 0.2) is 24.8 Å². The maximum Gasteiger partial charge on any atom is 0.157 e. The molecule has 0 unspecified atom stereocenters. The quantitative estimate of drug-likeness (QED) is 0.769. The highest BCUT2D eigenvalue weighted by Gasteiger charge is 2.01. The van der Waals surface area contributed by atoms with Gasteiger partial charge in [0.25, 0.3) is 0 Å². The molecular weight excluding hydrogens is 204 g/mol. The van der Waals surface area contributed by atoms with Crippen LogP contribution in [0.2, 0.25) is 0 Å². The lowest BCUT2D eigenvalue weighted by atomic mass is 10.4. The number of aryl methyl sites for hydroxylation is 2. The summed E-state index contributed by atoms with van der Waals surface area (Å²) in [7, 11) is 1.89. The van der Waals surface area contributed by atoms with Crippen LogP contribution in [0.25, 0.3) is 0 Å². The van der Waals surface area contributed by atoms with Crippen LogP contribution in [-0.4, -0.2) is 19.6 Å². The summed E-state index contributed by atoms with van der Waals surface area (Å²) in [6.07, 6.45) is 8.47. The minimum absolute atomic E-state index is 0.533. The van der Waals surface area contributed by atoms with E-state index in [-0.39, 0.29) is 0 Å². The molecule has 0 aliphatic rings. The van der Waals surface area contributed by atoms with Crippen LogP contribution in [0.3, 0.4) is 0 Å². The van der Waals surface area contributed by atoms with Crippen molar-refractivity contribution in [1.29, 1.82) is 0 Å². The minimum atomic E-state index is 0.533. The van der Waals surface area contributed by atoms with Crippen molar-refractivity contribution in [3.8, 4) is 5.75 Å². The first-order valence-corrected chi connectivity index (χ1v) is 5.40. The fourth-order valence-corrected chi connectivity index (χ4v) is 1.48. The average Bonchev–Trinajstić information content (AvgIpc) is 2.85. The highest BCUT2D eigenvalue weighted by atomic mass is 16.5. The van der Waals surface area contributed by atoms with Crippen molar-refractivity contribution in [3.05, 3.63) is 30.4 Å². The van der Waals surface area contributed by atoms with Gasteiger partial charge in [-0.1, -0.05) is 6.92 Å². The molecule has 0 aliphatic heterocycles. The number of rotatable bonds is 5. The molecule has 5 nitrogen and oxygen atoms in total. The number of ether oxygens (including phenoxy) is 1. The maximum absolute atomic E-state index is 5.60. The normalized spacial score (nSPS) is 10.6. The third-order valence-corrected chi connectivity index (χ3v) is 2.23. The molecule has 0 spiro atoms. The average molecular weight is 220 g/mol. The van der Waals surface area contributed by atoms with Crippen LogP contribution in [0.1, 0.15) is 18.9 Å². The van der Waals surface area contributed by atoms with Gasteiger partial charge in [-0.15, -0.1) is 0 Å². The molecular formula is C11H16N4O. The van der Waals surface area contributed by atoms with E-state index >= 15 is 0 Å². The number of hydrogen-bond donors (Lipinski definition) is 0. The van der Waals surface area contributed by atoms with E-state index in [1.807, 2.05) is 24.1 Å². The summed E-state index contributed by atoms with van der Waals surface area (Å²) < 4.78 is 9.25. The summed E-state index contributed by atoms with van der Waals surface area (Å²) in [6, 6.07) is 0. The number of nitrogens with zero attached hydrogens (tertiary/aromatic N) is 4. The Morgan fingerprint density at radius 2 is 2.12 bits per heavy atom. The van der Waals surface area contributed by atoms with Crippen LogP contribution < -0.4 is 4.74 Å². The molecule has 0 fully saturated rings. The third kappa shape index (κ3) is 2.62. The van der Waals surface area contributed by atoms with Crippen LogP contribution in [-0.2, 0) is 20.2 Å². The lowest BCUT2D eigenvalue weighted by molar-refractivity contribution is 0.305. The van der Waals surface area contributed by atoms with Crippen molar-refractivity contribution in [2.45, 2.75) is 26.5 Å². The molecule has 86 valence electrons. The largest absolute Gasteiger partial charge is 0.485 e. The Bertz CT molecular complexity index is 446. The van der Waals surface area contributed by atoms with E-state index in [1.165, 1.54) is 0 Å². The molecule has 5 heteroatoms. The van der Waals surface area contributed by atoms with Gasteiger partial charge >= 0.3 is 0 Å². The summed E-state index contributed by atoms with van der Waals surface area (Å²) >= 11 is 0. The molecule has 2 heterocycles. The zero-order chi connectivity index (χ0) is 11.4. The second kappa shape index (κ2) is 4.83. The van der Waals surface area contributed by atoms with Crippen molar-refractivity contribution in [2.24, 2.45) is 7.05 Å². The fraction of sp³-hybridized carbons (Fsp3) is 0.455. The van der Waals surface area contributed by atoms with E-state index in [0.717, 1.165) is 24.3 Å². The maximum atomic E-state index is 5.60. The highest BCUT2D eigenvalue weighted by Crippen LogP contribution is 2.11. The lowest BCUT2D eigenvalue weighted by Gasteiger charge is -1.99. The Kier molecular flexibility index (Phi) is 3.24. The van der Waals surface area contributed by atoms with Crippen molar-refractivity contribution in [2.75, 3.05) is 0 Å². The van der Waals surface area contributed by atoms with E-state index in [1.54, 1.807) is 17.1 Å². The van der Waals surface area contributed by atoms with E-state index in [9.17, 15) is 0 Å². The second-order valence-corrected chi connectivity index (χ2v) is 3.75. The molecule has 16 heavy (non-hydrogen) atoms. The Labute approximate surface area is 94.6 Å². The van der Waals surface area contributed by atoms with Gasteiger partial charge in [0.15, 0.2) is 5.75 Å². The predicted molar refractivity (Wildman–Crippen MR) is 60.1 cm³/mol. The van der Waals surface area contributed by atoms with Gasteiger partial charge < -0.3 is 4.74 Å². The van der Waals surface area contributed by atoms with Gasteiger partial charge in [0.2, 0.25) is 0 Å². The van der Waals surface area contributed by atoms with E-state index in [2.05, 4.69) is 17.1 Å². The summed E-state index contributed by atoms with van der Waals surface area (Å²) in [4.78, 5) is 0. The van der Waals surface area contributed by atoms with E-state index in [4.69, 9.17) is 4.74 Å². The monoisotopic (exact) mass is 220 g/mol. The molecule has 0 N–H and O–H groups in total. The Morgan fingerprint density at radius 1 is 1.25 bits per heavy atom. The summed E-state index contributed by atoms with van der Waals surface area (Å²) in [5.41, 5.74) is 1.06. The first-order valence-electron chi connectivity index (χ1n) is 5.40. The SMILES string of the molecule is CCCn1cc(OCc2cnn(C)c2)cn1. The van der Waals surface area contributed by atoms with Gasteiger partial charge in [-0.25, -0.2) is 0 Å².